The molecule has 8 nitrogen and oxygen atoms in total. The predicted molar refractivity (Wildman–Crippen MR) is 93.9 cm³/mol. The Morgan fingerprint density at radius 3 is 2.73 bits per heavy atom. The van der Waals surface area contributed by atoms with Crippen molar-refractivity contribution < 1.29 is 34.5 Å². The van der Waals surface area contributed by atoms with Gasteiger partial charge in [-0.05, 0) is 32.9 Å². The molecule has 0 heterocycles. The van der Waals surface area contributed by atoms with Gasteiger partial charge in [-0.2, -0.15) is 0 Å². The van der Waals surface area contributed by atoms with Gasteiger partial charge in [0.25, 0.3) is 11.4 Å². The number of benzene rings is 1. The summed E-state index contributed by atoms with van der Waals surface area (Å²) in [7, 11) is 0. The van der Waals surface area contributed by atoms with Crippen LogP contribution >= 0.6 is 0 Å². The van der Waals surface area contributed by atoms with Crippen molar-refractivity contribution in [2.75, 3.05) is 12.1 Å². The molecular formula is C18H23N2O6+. The lowest BCUT2D eigenvalue weighted by Gasteiger charge is -2.20. The lowest BCUT2D eigenvalue weighted by Crippen LogP contribution is -2.28. The molecule has 0 atom stereocenters. The predicted octanol–water partition coefficient (Wildman–Crippen LogP) is 2.87. The largest absolute Gasteiger partial charge is 0.505 e. The van der Waals surface area contributed by atoms with Gasteiger partial charge in [0, 0.05) is 10.8 Å². The number of carbonyl (C=O) groups is 1. The second-order valence-corrected chi connectivity index (χ2v) is 6.58. The molecule has 0 unspecified atom stereocenters. The van der Waals surface area contributed by atoms with E-state index in [1.54, 1.807) is 39.0 Å². The van der Waals surface area contributed by atoms with Gasteiger partial charge in [0.2, 0.25) is 0 Å². The third-order valence-corrected chi connectivity index (χ3v) is 3.36. The minimum absolute atomic E-state index is 0.0662. The highest BCUT2D eigenvalue weighted by molar-refractivity contribution is 5.98. The van der Waals surface area contributed by atoms with E-state index < -0.39 is 11.6 Å². The molecule has 8 heteroatoms. The molecule has 1 aliphatic rings. The van der Waals surface area contributed by atoms with Crippen LogP contribution in [0.5, 0.6) is 5.75 Å². The van der Waals surface area contributed by atoms with E-state index in [1.165, 1.54) is 18.2 Å². The summed E-state index contributed by atoms with van der Waals surface area (Å²) in [5, 5.41) is 29.6. The second kappa shape index (κ2) is 7.92. The zero-order chi connectivity index (χ0) is 19.3. The molecule has 1 aromatic carbocycles. The van der Waals surface area contributed by atoms with Crippen LogP contribution in [-0.4, -0.2) is 44.1 Å². The molecule has 0 bridgehead atoms. The van der Waals surface area contributed by atoms with Crippen LogP contribution in [0.2, 0.25) is 0 Å². The van der Waals surface area contributed by atoms with E-state index in [9.17, 15) is 20.3 Å². The number of nitrogens with one attached hydrogen (secondary N) is 1. The van der Waals surface area contributed by atoms with E-state index in [1.807, 2.05) is 5.48 Å². The van der Waals surface area contributed by atoms with Gasteiger partial charge in [0.1, 0.15) is 11.4 Å². The molecule has 0 aromatic heterocycles. The highest BCUT2D eigenvalue weighted by Crippen LogP contribution is 2.33. The topological polar surface area (TPSA) is 111 Å². The summed E-state index contributed by atoms with van der Waals surface area (Å²) in [4.78, 5) is 11.8. The standard InChI is InChI=1S/C18H22N2O6/c1-18(2,3)26-16(22)11-25-15-10-5-4-7-12(15)20(24)13-8-6-9-14(21)17(13)19-23/h4-6,8-10,19,23H,7,11H2,1-3H3,(H-,21,24)/p+1/b20-12-. The van der Waals surface area contributed by atoms with Crippen LogP contribution in [0.4, 0.5) is 11.4 Å². The molecule has 1 aromatic rings. The van der Waals surface area contributed by atoms with Crippen molar-refractivity contribution in [3.05, 3.63) is 42.2 Å². The van der Waals surface area contributed by atoms with Gasteiger partial charge < -0.3 is 14.6 Å². The number of nitrogens with zero attached hydrogens (tertiary/aromatic N) is 1. The van der Waals surface area contributed by atoms with E-state index in [4.69, 9.17) is 9.47 Å². The summed E-state index contributed by atoms with van der Waals surface area (Å²) in [5.74, 6) is -0.504. The van der Waals surface area contributed by atoms with Crippen molar-refractivity contribution in [3.8, 4) is 5.75 Å². The van der Waals surface area contributed by atoms with Gasteiger partial charge >= 0.3 is 5.97 Å². The summed E-state index contributed by atoms with van der Waals surface area (Å²) >= 11 is 0. The van der Waals surface area contributed by atoms with Crippen LogP contribution in [0.15, 0.2) is 42.2 Å². The molecule has 140 valence electrons. The maximum atomic E-state index is 11.8. The Morgan fingerprint density at radius 1 is 1.35 bits per heavy atom. The molecule has 2 rings (SSSR count). The third kappa shape index (κ3) is 4.76. The van der Waals surface area contributed by atoms with E-state index in [-0.39, 0.29) is 29.5 Å². The number of allylic oxidation sites excluding steroid dienone is 4. The number of carbonyl (C=O) groups excluding carboxylic acids is 1. The Labute approximate surface area is 151 Å². The third-order valence-electron chi connectivity index (χ3n) is 3.36. The Kier molecular flexibility index (Phi) is 5.89. The van der Waals surface area contributed by atoms with E-state index in [0.29, 0.717) is 12.1 Å². The van der Waals surface area contributed by atoms with Crippen molar-refractivity contribution in [2.24, 2.45) is 0 Å². The molecule has 0 spiro atoms. The van der Waals surface area contributed by atoms with Gasteiger partial charge in [-0.3, -0.25) is 15.9 Å². The Bertz CT molecular complexity index is 774. The monoisotopic (exact) mass is 363 g/mol. The van der Waals surface area contributed by atoms with Gasteiger partial charge in [-0.25, -0.2) is 4.79 Å². The fourth-order valence-electron chi connectivity index (χ4n) is 2.33. The normalized spacial score (nSPS) is 15.9. The number of para-hydroxylation sites is 1. The summed E-state index contributed by atoms with van der Waals surface area (Å²) in [5.41, 5.74) is 1.61. The highest BCUT2D eigenvalue weighted by atomic mass is 16.6. The first-order valence-corrected chi connectivity index (χ1v) is 8.01. The maximum Gasteiger partial charge on any atom is 0.344 e. The van der Waals surface area contributed by atoms with Crippen molar-refractivity contribution in [2.45, 2.75) is 32.8 Å². The molecule has 0 aliphatic heterocycles. The number of anilines is 1. The summed E-state index contributed by atoms with van der Waals surface area (Å²) in [6, 6.07) is 4.37. The Balaban J connectivity index is 2.26. The van der Waals surface area contributed by atoms with E-state index in [2.05, 4.69) is 0 Å². The maximum absolute atomic E-state index is 11.8. The van der Waals surface area contributed by atoms with Crippen molar-refractivity contribution in [1.29, 1.82) is 0 Å². The number of hydrogen-bond acceptors (Lipinski definition) is 7. The second-order valence-electron chi connectivity index (χ2n) is 6.58. The fraction of sp³-hybridized carbons (Fsp3) is 0.333. The average Bonchev–Trinajstić information content (AvgIpc) is 2.58. The number of phenolic OH excluding ortho intramolecular Hbond substituents is 1. The van der Waals surface area contributed by atoms with Gasteiger partial charge in [-0.15, -0.1) is 0 Å². The highest BCUT2D eigenvalue weighted by Gasteiger charge is 2.28. The quantitative estimate of drug-likeness (QED) is 0.209. The molecule has 4 N–H and O–H groups in total. The molecule has 26 heavy (non-hydrogen) atoms. The average molecular weight is 363 g/mol. The van der Waals surface area contributed by atoms with Crippen LogP contribution in [0, 0.1) is 0 Å². The molecule has 0 fully saturated rings. The first-order chi connectivity index (χ1) is 12.2. The summed E-state index contributed by atoms with van der Waals surface area (Å²) < 4.78 is 11.5. The number of phenols is 1. The van der Waals surface area contributed by atoms with Gasteiger partial charge in [0.15, 0.2) is 18.1 Å². The minimum Gasteiger partial charge on any atom is -0.505 e. The van der Waals surface area contributed by atoms with Gasteiger partial charge in [-0.1, -0.05) is 18.2 Å². The van der Waals surface area contributed by atoms with Crippen molar-refractivity contribution in [3.63, 3.8) is 0 Å². The van der Waals surface area contributed by atoms with E-state index in [0.717, 1.165) is 4.74 Å². The molecule has 0 radical (unpaired) electrons. The summed E-state index contributed by atoms with van der Waals surface area (Å²) in [6.45, 7) is 4.95. The van der Waals surface area contributed by atoms with Crippen LogP contribution in [0.1, 0.15) is 27.2 Å². The SMILES string of the molecule is CC(C)(C)OC(=O)COC1=CC=CC/C1=[N+](/O)c1cccc(O)c1NO. The van der Waals surface area contributed by atoms with Crippen LogP contribution in [0.3, 0.4) is 0 Å². The number of aromatic hydroxyl groups is 1. The molecule has 0 amide bonds. The zero-order valence-electron chi connectivity index (χ0n) is 14.9. The van der Waals surface area contributed by atoms with E-state index >= 15 is 0 Å². The first-order valence-electron chi connectivity index (χ1n) is 8.01. The van der Waals surface area contributed by atoms with Crippen molar-refractivity contribution in [1.82, 2.24) is 0 Å². The smallest absolute Gasteiger partial charge is 0.344 e. The number of rotatable bonds is 5. The van der Waals surface area contributed by atoms with Crippen LogP contribution < -0.4 is 5.48 Å². The Hall–Kier alpha value is -3.00. The van der Waals surface area contributed by atoms with Crippen LogP contribution in [0.25, 0.3) is 0 Å². The number of esters is 1. The number of ether oxygens (including phenoxy) is 2. The van der Waals surface area contributed by atoms with Crippen LogP contribution in [-0.2, 0) is 14.3 Å². The lowest BCUT2D eigenvalue weighted by molar-refractivity contribution is -0.713. The molecule has 0 saturated heterocycles. The zero-order valence-corrected chi connectivity index (χ0v) is 14.9. The summed E-state index contributed by atoms with van der Waals surface area (Å²) in [6.07, 6.45) is 5.43. The lowest BCUT2D eigenvalue weighted by atomic mass is 10.1. The Morgan fingerprint density at radius 2 is 2.08 bits per heavy atom. The molecular weight excluding hydrogens is 340 g/mol. The molecule has 0 saturated carbocycles. The fourth-order valence-corrected chi connectivity index (χ4v) is 2.33. The first kappa shape index (κ1) is 19.3. The number of hydrogen-bond donors (Lipinski definition) is 4. The van der Waals surface area contributed by atoms with Gasteiger partial charge in [0.05, 0.1) is 6.42 Å². The molecule has 1 aliphatic carbocycles. The van der Waals surface area contributed by atoms with Crippen molar-refractivity contribution >= 4 is 23.1 Å². The minimum atomic E-state index is -0.625.